The Bertz CT molecular complexity index is 906. The van der Waals surface area contributed by atoms with Crippen molar-refractivity contribution in [3.8, 4) is 11.3 Å². The maximum atomic E-state index is 11.5. The van der Waals surface area contributed by atoms with Crippen LogP contribution in [0.4, 0.5) is 0 Å². The Morgan fingerprint density at radius 3 is 2.64 bits per heavy atom. The number of hydrogen-bond acceptors (Lipinski definition) is 4. The molecule has 5 nitrogen and oxygen atoms in total. The predicted molar refractivity (Wildman–Crippen MR) is 104 cm³/mol. The van der Waals surface area contributed by atoms with Gasteiger partial charge in [-0.25, -0.2) is 4.98 Å². The van der Waals surface area contributed by atoms with Crippen molar-refractivity contribution in [2.75, 3.05) is 6.61 Å². The molecule has 4 bridgehead atoms. The third-order valence-corrected chi connectivity index (χ3v) is 8.65. The van der Waals surface area contributed by atoms with Crippen molar-refractivity contribution in [1.29, 1.82) is 0 Å². The summed E-state index contributed by atoms with van der Waals surface area (Å²) in [5.74, 6) is 0.829. The van der Waals surface area contributed by atoms with Gasteiger partial charge in [0.2, 0.25) is 0 Å². The van der Waals surface area contributed by atoms with Crippen molar-refractivity contribution in [2.45, 2.75) is 56.3 Å². The zero-order valence-electron chi connectivity index (χ0n) is 16.0. The van der Waals surface area contributed by atoms with Gasteiger partial charge in [-0.3, -0.25) is 0 Å². The van der Waals surface area contributed by atoms with E-state index in [1.807, 2.05) is 12.5 Å². The van der Waals surface area contributed by atoms with Gasteiger partial charge < -0.3 is 19.9 Å². The lowest BCUT2D eigenvalue weighted by molar-refractivity contribution is -0.236. The Kier molecular flexibility index (Phi) is 3.49. The normalized spacial score (nSPS) is 41.1. The van der Waals surface area contributed by atoms with Gasteiger partial charge in [-0.1, -0.05) is 24.3 Å². The van der Waals surface area contributed by atoms with E-state index in [9.17, 15) is 15.3 Å². The van der Waals surface area contributed by atoms with Gasteiger partial charge in [0, 0.05) is 5.56 Å². The van der Waals surface area contributed by atoms with Gasteiger partial charge in [0.15, 0.2) is 0 Å². The molecule has 0 amide bonds. The van der Waals surface area contributed by atoms with Crippen LogP contribution in [0.25, 0.3) is 11.3 Å². The maximum absolute atomic E-state index is 11.5. The van der Waals surface area contributed by atoms with Gasteiger partial charge in [-0.15, -0.1) is 0 Å². The van der Waals surface area contributed by atoms with Gasteiger partial charge in [-0.2, -0.15) is 0 Å². The first-order valence-electron chi connectivity index (χ1n) is 10.7. The largest absolute Gasteiger partial charge is 0.393 e. The number of aliphatic hydroxyl groups excluding tert-OH is 2. The molecule has 1 aromatic heterocycles. The Morgan fingerprint density at radius 2 is 1.89 bits per heavy atom. The third kappa shape index (κ3) is 2.10. The van der Waals surface area contributed by atoms with E-state index in [1.165, 1.54) is 11.1 Å². The highest BCUT2D eigenvalue weighted by molar-refractivity contribution is 5.68. The summed E-state index contributed by atoms with van der Waals surface area (Å²) in [6, 6.07) is 8.56. The number of rotatable bonds is 4. The van der Waals surface area contributed by atoms with Crippen LogP contribution in [0.2, 0.25) is 0 Å². The van der Waals surface area contributed by atoms with E-state index in [-0.39, 0.29) is 29.9 Å². The van der Waals surface area contributed by atoms with Crippen LogP contribution in [0.5, 0.6) is 0 Å². The molecule has 4 unspecified atom stereocenters. The summed E-state index contributed by atoms with van der Waals surface area (Å²) in [5.41, 5.74) is 2.58. The van der Waals surface area contributed by atoms with E-state index in [4.69, 9.17) is 0 Å². The van der Waals surface area contributed by atoms with Gasteiger partial charge in [0.25, 0.3) is 0 Å². The molecule has 0 radical (unpaired) electrons. The molecule has 0 saturated heterocycles. The average molecular weight is 380 g/mol. The van der Waals surface area contributed by atoms with Gasteiger partial charge in [0.05, 0.1) is 42.6 Å². The Labute approximate surface area is 165 Å². The number of nitrogens with zero attached hydrogens (tertiary/aromatic N) is 2. The van der Waals surface area contributed by atoms with Crippen LogP contribution in [0, 0.1) is 23.2 Å². The minimum absolute atomic E-state index is 0.115. The molecule has 1 aromatic carbocycles. The summed E-state index contributed by atoms with van der Waals surface area (Å²) in [6.45, 7) is -0.143. The highest BCUT2D eigenvalue weighted by Crippen LogP contribution is 2.65. The fourth-order valence-electron chi connectivity index (χ4n) is 7.44. The molecule has 4 saturated carbocycles. The number of fused-ring (bicyclic) bond motifs is 3. The summed E-state index contributed by atoms with van der Waals surface area (Å²) in [6.07, 6.45) is 8.81. The van der Waals surface area contributed by atoms with Gasteiger partial charge in [0.1, 0.15) is 0 Å². The smallest absolute Gasteiger partial charge is 0.0956 e. The van der Waals surface area contributed by atoms with Crippen molar-refractivity contribution in [3.05, 3.63) is 42.4 Å². The first kappa shape index (κ1) is 17.2. The molecule has 2 heterocycles. The topological polar surface area (TPSA) is 78.5 Å². The lowest BCUT2D eigenvalue weighted by Gasteiger charge is -2.64. The quantitative estimate of drug-likeness (QED) is 0.762. The van der Waals surface area contributed by atoms with Crippen LogP contribution in [0.1, 0.15) is 50.1 Å². The van der Waals surface area contributed by atoms with Gasteiger partial charge >= 0.3 is 0 Å². The average Bonchev–Trinajstić information content (AvgIpc) is 3.28. The highest BCUT2D eigenvalue weighted by Gasteiger charge is 2.63. The van der Waals surface area contributed by atoms with E-state index in [2.05, 4.69) is 33.8 Å². The van der Waals surface area contributed by atoms with Crippen LogP contribution in [-0.2, 0) is 0 Å². The molecular weight excluding hydrogens is 352 g/mol. The molecule has 0 spiro atoms. The molecule has 148 valence electrons. The van der Waals surface area contributed by atoms with Crippen LogP contribution in [-0.4, -0.2) is 43.2 Å². The fraction of sp³-hybridized carbons (Fsp3) is 0.609. The van der Waals surface area contributed by atoms with Crippen LogP contribution >= 0.6 is 0 Å². The number of aromatic nitrogens is 2. The lowest BCUT2D eigenvalue weighted by Crippen LogP contribution is -2.65. The lowest BCUT2D eigenvalue weighted by atomic mass is 9.43. The molecule has 4 fully saturated rings. The van der Waals surface area contributed by atoms with Crippen LogP contribution < -0.4 is 0 Å². The summed E-state index contributed by atoms with van der Waals surface area (Å²) >= 11 is 0. The maximum Gasteiger partial charge on any atom is 0.0956 e. The van der Waals surface area contributed by atoms with Gasteiger partial charge in [-0.05, 0) is 67.3 Å². The molecule has 4 aliphatic carbocycles. The van der Waals surface area contributed by atoms with E-state index in [1.54, 1.807) is 0 Å². The summed E-state index contributed by atoms with van der Waals surface area (Å²) in [4.78, 5) is 4.34. The molecule has 3 N–H and O–H groups in total. The number of hydrogen-bond donors (Lipinski definition) is 3. The van der Waals surface area contributed by atoms with E-state index in [0.717, 1.165) is 37.8 Å². The summed E-state index contributed by atoms with van der Waals surface area (Å²) in [5, 5.41) is 32.5. The first-order valence-corrected chi connectivity index (χ1v) is 10.7. The van der Waals surface area contributed by atoms with E-state index < -0.39 is 11.7 Å². The molecule has 7 rings (SSSR count). The second-order valence-corrected chi connectivity index (χ2v) is 9.90. The number of imidazole rings is 1. The van der Waals surface area contributed by atoms with E-state index >= 15 is 0 Å². The van der Waals surface area contributed by atoms with Crippen molar-refractivity contribution in [1.82, 2.24) is 9.55 Å². The van der Waals surface area contributed by atoms with Crippen molar-refractivity contribution < 1.29 is 15.3 Å². The summed E-state index contributed by atoms with van der Waals surface area (Å²) in [7, 11) is 0. The Morgan fingerprint density at radius 1 is 1.14 bits per heavy atom. The van der Waals surface area contributed by atoms with E-state index in [0.29, 0.717) is 12.3 Å². The monoisotopic (exact) mass is 380 g/mol. The second-order valence-electron chi connectivity index (χ2n) is 9.90. The van der Waals surface area contributed by atoms with Crippen LogP contribution in [0.15, 0.2) is 36.8 Å². The fourth-order valence-corrected chi connectivity index (χ4v) is 7.44. The standard InChI is InChI=1S/C23H28N2O3/c26-12-23(28)15-5-14-6-16(23)10-22(8-14,9-15)21(27)7-19-17-3-1-2-4-18(17)20-11-24-13-25(19)20/h1-4,11,13-16,19,21,26-28H,5-10,12H2. The zero-order chi connectivity index (χ0) is 19.1. The summed E-state index contributed by atoms with van der Waals surface area (Å²) < 4.78 is 2.21. The minimum Gasteiger partial charge on any atom is -0.393 e. The molecule has 5 heteroatoms. The Hall–Kier alpha value is -1.69. The highest BCUT2D eigenvalue weighted by atomic mass is 16.3. The molecule has 4 atom stereocenters. The van der Waals surface area contributed by atoms with Crippen molar-refractivity contribution in [3.63, 3.8) is 0 Å². The predicted octanol–water partition coefficient (Wildman–Crippen LogP) is 2.75. The molecule has 1 aliphatic heterocycles. The number of benzene rings is 1. The molecule has 28 heavy (non-hydrogen) atoms. The SMILES string of the molecule is OCC1(O)C2CC3CC1CC(C(O)CC1c4ccccc4-c4cncn41)(C3)C2. The molecular formula is C23H28N2O3. The van der Waals surface area contributed by atoms with Crippen LogP contribution in [0.3, 0.4) is 0 Å². The van der Waals surface area contributed by atoms with Crippen molar-refractivity contribution >= 4 is 0 Å². The zero-order valence-corrected chi connectivity index (χ0v) is 16.0. The second kappa shape index (κ2) is 5.68. The Balaban J connectivity index is 1.32. The molecule has 5 aliphatic rings. The minimum atomic E-state index is -0.933. The number of aliphatic hydroxyl groups is 3. The van der Waals surface area contributed by atoms with Crippen molar-refractivity contribution in [2.24, 2.45) is 23.2 Å². The molecule has 2 aromatic rings. The third-order valence-electron chi connectivity index (χ3n) is 8.65. The first-order chi connectivity index (χ1) is 13.5.